The molecule has 2 N–H and O–H groups in total. The van der Waals surface area contributed by atoms with Gasteiger partial charge in [0, 0.05) is 12.6 Å². The number of nitrogens with zero attached hydrogens (tertiary/aromatic N) is 2. The van der Waals surface area contributed by atoms with Crippen LogP contribution >= 0.6 is 12.4 Å². The lowest BCUT2D eigenvalue weighted by molar-refractivity contribution is -0.141. The van der Waals surface area contributed by atoms with Gasteiger partial charge in [-0.15, -0.1) is 12.4 Å². The van der Waals surface area contributed by atoms with Crippen LogP contribution in [0.25, 0.3) is 0 Å². The van der Waals surface area contributed by atoms with Crippen LogP contribution in [-0.2, 0) is 11.3 Å². The summed E-state index contributed by atoms with van der Waals surface area (Å²) in [7, 11) is 0. The van der Waals surface area contributed by atoms with Crippen molar-refractivity contribution in [2.24, 2.45) is 5.92 Å². The van der Waals surface area contributed by atoms with E-state index >= 15 is 0 Å². The summed E-state index contributed by atoms with van der Waals surface area (Å²) in [4.78, 5) is 10.6. The summed E-state index contributed by atoms with van der Waals surface area (Å²) in [6, 6.07) is 1.83. The predicted octanol–water partition coefficient (Wildman–Crippen LogP) is 0.431. The maximum atomic E-state index is 10.6. The lowest BCUT2D eigenvalue weighted by atomic mass is 10.1. The Morgan fingerprint density at radius 1 is 1.77 bits per heavy atom. The molecule has 0 amide bonds. The largest absolute Gasteiger partial charge is 0.481 e. The highest BCUT2D eigenvalue weighted by molar-refractivity contribution is 5.85. The van der Waals surface area contributed by atoms with E-state index in [1.54, 1.807) is 10.9 Å². The first kappa shape index (κ1) is 9.85. The Morgan fingerprint density at radius 2 is 2.54 bits per heavy atom. The third kappa shape index (κ3) is 1.75. The summed E-state index contributed by atoms with van der Waals surface area (Å²) in [6.07, 6.45) is 1.66. The molecule has 72 valence electrons. The van der Waals surface area contributed by atoms with Crippen molar-refractivity contribution in [2.45, 2.75) is 6.54 Å². The number of hydrogen-bond donors (Lipinski definition) is 2. The number of halogens is 1. The molecule has 0 saturated heterocycles. The fraction of sp³-hybridized carbons (Fsp3) is 0.429. The van der Waals surface area contributed by atoms with Crippen LogP contribution in [0.4, 0.5) is 5.82 Å². The lowest BCUT2D eigenvalue weighted by Crippen LogP contribution is -2.33. The highest BCUT2D eigenvalue weighted by atomic mass is 35.5. The Hall–Kier alpha value is -1.23. The molecular weight excluding hydrogens is 194 g/mol. The molecule has 2 rings (SSSR count). The van der Waals surface area contributed by atoms with Gasteiger partial charge in [-0.3, -0.25) is 4.79 Å². The zero-order valence-corrected chi connectivity index (χ0v) is 7.62. The van der Waals surface area contributed by atoms with Crippen LogP contribution in [0.3, 0.4) is 0 Å². The lowest BCUT2D eigenvalue weighted by Gasteiger charge is -2.21. The fourth-order valence-electron chi connectivity index (χ4n) is 1.29. The van der Waals surface area contributed by atoms with E-state index in [1.165, 1.54) is 0 Å². The number of fused-ring (bicyclic) bond motifs is 1. The van der Waals surface area contributed by atoms with Crippen molar-refractivity contribution in [3.05, 3.63) is 12.3 Å². The average Bonchev–Trinajstić information content (AvgIpc) is 2.49. The molecule has 13 heavy (non-hydrogen) atoms. The highest BCUT2D eigenvalue weighted by Crippen LogP contribution is 2.15. The van der Waals surface area contributed by atoms with E-state index in [4.69, 9.17) is 5.11 Å². The van der Waals surface area contributed by atoms with E-state index < -0.39 is 5.97 Å². The van der Waals surface area contributed by atoms with Crippen LogP contribution in [0.1, 0.15) is 0 Å². The van der Waals surface area contributed by atoms with Gasteiger partial charge in [-0.25, -0.2) is 4.68 Å². The van der Waals surface area contributed by atoms with Crippen LogP contribution in [0.2, 0.25) is 0 Å². The standard InChI is InChI=1S/C7H9N3O2.ClH/c11-7(12)5-3-8-6-1-2-9-10(6)4-5;/h1-2,5,8H,3-4H2,(H,11,12);1H. The second kappa shape index (κ2) is 3.66. The number of carboxylic acids is 1. The summed E-state index contributed by atoms with van der Waals surface area (Å²) < 4.78 is 1.67. The number of hydrogen-bond acceptors (Lipinski definition) is 3. The maximum absolute atomic E-state index is 10.6. The number of carbonyl (C=O) groups is 1. The first-order valence-electron chi connectivity index (χ1n) is 3.76. The molecule has 1 unspecified atom stereocenters. The number of aliphatic carboxylic acids is 1. The third-order valence-corrected chi connectivity index (χ3v) is 1.99. The van der Waals surface area contributed by atoms with Gasteiger partial charge in [-0.2, -0.15) is 5.10 Å². The first-order chi connectivity index (χ1) is 5.77. The van der Waals surface area contributed by atoms with Crippen molar-refractivity contribution in [3.8, 4) is 0 Å². The first-order valence-corrected chi connectivity index (χ1v) is 3.76. The fourth-order valence-corrected chi connectivity index (χ4v) is 1.29. The van der Waals surface area contributed by atoms with Crippen molar-refractivity contribution >= 4 is 24.2 Å². The van der Waals surface area contributed by atoms with Gasteiger partial charge in [0.1, 0.15) is 5.82 Å². The van der Waals surface area contributed by atoms with Gasteiger partial charge < -0.3 is 10.4 Å². The van der Waals surface area contributed by atoms with Crippen molar-refractivity contribution < 1.29 is 9.90 Å². The van der Waals surface area contributed by atoms with Crippen LogP contribution in [0.5, 0.6) is 0 Å². The van der Waals surface area contributed by atoms with E-state index in [9.17, 15) is 4.79 Å². The summed E-state index contributed by atoms with van der Waals surface area (Å²) in [5.74, 6) is -0.242. The van der Waals surface area contributed by atoms with Crippen LogP contribution in [0.15, 0.2) is 12.3 Å². The monoisotopic (exact) mass is 203 g/mol. The van der Waals surface area contributed by atoms with Crippen molar-refractivity contribution in [1.82, 2.24) is 9.78 Å². The Bertz CT molecular complexity index is 312. The number of aromatic nitrogens is 2. The molecular formula is C7H10ClN3O2. The summed E-state index contributed by atoms with van der Waals surface area (Å²) in [6.45, 7) is 0.950. The van der Waals surface area contributed by atoms with Crippen LogP contribution < -0.4 is 5.32 Å². The zero-order chi connectivity index (χ0) is 8.55. The van der Waals surface area contributed by atoms with Crippen LogP contribution in [0, 0.1) is 5.92 Å². The SMILES string of the molecule is Cl.O=C(O)C1CNc2ccnn2C1. The Morgan fingerprint density at radius 3 is 3.23 bits per heavy atom. The van der Waals surface area contributed by atoms with Gasteiger partial charge >= 0.3 is 5.97 Å². The molecule has 1 aromatic heterocycles. The van der Waals surface area contributed by atoms with Gasteiger partial charge in [-0.1, -0.05) is 0 Å². The third-order valence-electron chi connectivity index (χ3n) is 1.99. The molecule has 0 aliphatic carbocycles. The molecule has 2 heterocycles. The van der Waals surface area contributed by atoms with Crippen molar-refractivity contribution in [3.63, 3.8) is 0 Å². The zero-order valence-electron chi connectivity index (χ0n) is 6.80. The second-order valence-corrected chi connectivity index (χ2v) is 2.81. The van der Waals surface area contributed by atoms with Gasteiger partial charge in [-0.05, 0) is 0 Å². The molecule has 0 saturated carbocycles. The molecule has 5 nitrogen and oxygen atoms in total. The van der Waals surface area contributed by atoms with Gasteiger partial charge in [0.25, 0.3) is 0 Å². The Balaban J connectivity index is 0.000000845. The van der Waals surface area contributed by atoms with Crippen LogP contribution in [-0.4, -0.2) is 27.4 Å². The number of anilines is 1. The minimum absolute atomic E-state index is 0. The van der Waals surface area contributed by atoms with Crippen molar-refractivity contribution in [2.75, 3.05) is 11.9 Å². The summed E-state index contributed by atoms with van der Waals surface area (Å²) >= 11 is 0. The van der Waals surface area contributed by atoms with E-state index in [0.717, 1.165) is 5.82 Å². The minimum Gasteiger partial charge on any atom is -0.481 e. The van der Waals surface area contributed by atoms with Crippen molar-refractivity contribution in [1.29, 1.82) is 0 Å². The number of carboxylic acid groups (broad SMARTS) is 1. The second-order valence-electron chi connectivity index (χ2n) is 2.81. The quantitative estimate of drug-likeness (QED) is 0.695. The molecule has 0 spiro atoms. The summed E-state index contributed by atoms with van der Waals surface area (Å²) in [5, 5.41) is 15.7. The highest BCUT2D eigenvalue weighted by Gasteiger charge is 2.23. The van der Waals surface area contributed by atoms with E-state index in [1.807, 2.05) is 6.07 Å². The van der Waals surface area contributed by atoms with E-state index in [2.05, 4.69) is 10.4 Å². The van der Waals surface area contributed by atoms with Gasteiger partial charge in [0.15, 0.2) is 0 Å². The Labute approximate surface area is 81.2 Å². The molecule has 1 atom stereocenters. The molecule has 0 aromatic carbocycles. The summed E-state index contributed by atoms with van der Waals surface area (Å²) in [5.41, 5.74) is 0. The number of nitrogens with one attached hydrogen (secondary N) is 1. The smallest absolute Gasteiger partial charge is 0.310 e. The maximum Gasteiger partial charge on any atom is 0.310 e. The number of rotatable bonds is 1. The minimum atomic E-state index is -0.774. The van der Waals surface area contributed by atoms with Gasteiger partial charge in [0.05, 0.1) is 18.7 Å². The predicted molar refractivity (Wildman–Crippen MR) is 49.1 cm³/mol. The average molecular weight is 204 g/mol. The van der Waals surface area contributed by atoms with Gasteiger partial charge in [0.2, 0.25) is 0 Å². The molecule has 0 bridgehead atoms. The van der Waals surface area contributed by atoms with E-state index in [-0.39, 0.29) is 18.3 Å². The Kier molecular flexibility index (Phi) is 2.77. The molecule has 1 aliphatic rings. The molecule has 0 fully saturated rings. The van der Waals surface area contributed by atoms with E-state index in [0.29, 0.717) is 13.1 Å². The molecule has 0 radical (unpaired) electrons. The normalized spacial score (nSPS) is 19.5. The molecule has 1 aliphatic heterocycles. The topological polar surface area (TPSA) is 67.2 Å². The molecule has 1 aromatic rings. The molecule has 6 heteroatoms.